The third kappa shape index (κ3) is 4.60. The van der Waals surface area contributed by atoms with Crippen molar-refractivity contribution in [2.24, 2.45) is 0 Å². The number of ether oxygens (including phenoxy) is 1. The molecule has 0 spiro atoms. The van der Waals surface area contributed by atoms with E-state index in [1.54, 1.807) is 6.07 Å². The smallest absolute Gasteiger partial charge is 0.290 e. The largest absolute Gasteiger partial charge is 0.483 e. The molecule has 0 aliphatic carbocycles. The van der Waals surface area contributed by atoms with Crippen molar-refractivity contribution in [3.8, 4) is 10.9 Å². The second-order valence-corrected chi connectivity index (χ2v) is 8.02. The minimum Gasteiger partial charge on any atom is -0.483 e. The summed E-state index contributed by atoms with van der Waals surface area (Å²) in [4.78, 5) is 15.1. The maximum atomic E-state index is 13.8. The maximum Gasteiger partial charge on any atom is 0.290 e. The van der Waals surface area contributed by atoms with Crippen molar-refractivity contribution in [2.75, 3.05) is 13.1 Å². The average molecular weight is 428 g/mol. The van der Waals surface area contributed by atoms with E-state index < -0.39 is 0 Å². The van der Waals surface area contributed by atoms with Crippen molar-refractivity contribution in [1.29, 1.82) is 0 Å². The first-order valence-corrected chi connectivity index (χ1v) is 10.5. The number of benzene rings is 2. The van der Waals surface area contributed by atoms with E-state index in [0.29, 0.717) is 16.5 Å². The number of hydrogen-bond acceptors (Lipinski definition) is 6. The summed E-state index contributed by atoms with van der Waals surface area (Å²) in [6, 6.07) is 12.7. The zero-order chi connectivity index (χ0) is 20.9. The number of hydrogen-bond donors (Lipinski definition) is 1. The van der Waals surface area contributed by atoms with Crippen molar-refractivity contribution in [3.05, 3.63) is 54.0 Å². The highest BCUT2D eigenvalue weighted by Crippen LogP contribution is 2.34. The highest BCUT2D eigenvalue weighted by molar-refractivity contribution is 7.20. The Morgan fingerprint density at radius 3 is 2.77 bits per heavy atom. The molecule has 2 aromatic carbocycles. The molecule has 6 nitrogen and oxygen atoms in total. The van der Waals surface area contributed by atoms with Crippen LogP contribution in [-0.4, -0.2) is 34.6 Å². The molecule has 30 heavy (non-hydrogen) atoms. The van der Waals surface area contributed by atoms with Gasteiger partial charge in [0.1, 0.15) is 28.4 Å². The first kappa shape index (κ1) is 20.3. The number of carbonyl (C=O) groups is 1. The average Bonchev–Trinajstić information content (AvgIpc) is 3.33. The van der Waals surface area contributed by atoms with Crippen molar-refractivity contribution < 1.29 is 23.4 Å². The van der Waals surface area contributed by atoms with Crippen LogP contribution in [0.1, 0.15) is 25.0 Å². The molecule has 0 saturated carbocycles. The second kappa shape index (κ2) is 9.23. The summed E-state index contributed by atoms with van der Waals surface area (Å²) in [5, 5.41) is 8.33. The molecule has 1 fully saturated rings. The highest BCUT2D eigenvalue weighted by atomic mass is 32.1. The van der Waals surface area contributed by atoms with Gasteiger partial charge in [0.15, 0.2) is 0 Å². The highest BCUT2D eigenvalue weighted by Gasteiger charge is 2.14. The summed E-state index contributed by atoms with van der Waals surface area (Å²) in [6.07, 6.45) is 3.86. The molecular formula is C22H21FN2O4S. The number of furan rings is 1. The van der Waals surface area contributed by atoms with Crippen LogP contribution in [0.5, 0.6) is 10.9 Å². The van der Waals surface area contributed by atoms with Gasteiger partial charge >= 0.3 is 0 Å². The van der Waals surface area contributed by atoms with Crippen molar-refractivity contribution >= 4 is 39.0 Å². The lowest BCUT2D eigenvalue weighted by molar-refractivity contribution is -0.122. The molecule has 1 saturated heterocycles. The SMILES string of the molecule is Fc1cccc2sc(Oc3ccc4oc(CN5CCCCC5)cc4c3)nc12.O=CO. The van der Waals surface area contributed by atoms with Gasteiger partial charge in [-0.15, -0.1) is 0 Å². The van der Waals surface area contributed by atoms with E-state index in [-0.39, 0.29) is 12.3 Å². The fraction of sp³-hybridized carbons (Fsp3) is 0.273. The minimum atomic E-state index is -0.328. The maximum absolute atomic E-state index is 13.8. The van der Waals surface area contributed by atoms with Crippen molar-refractivity contribution in [3.63, 3.8) is 0 Å². The fourth-order valence-corrected chi connectivity index (χ4v) is 4.44. The molecule has 0 bridgehead atoms. The summed E-state index contributed by atoms with van der Waals surface area (Å²) in [7, 11) is 0. The lowest BCUT2D eigenvalue weighted by atomic mass is 10.1. The molecule has 0 unspecified atom stereocenters. The molecule has 156 valence electrons. The molecule has 0 amide bonds. The number of aromatic nitrogens is 1. The Labute approximate surface area is 176 Å². The van der Waals surface area contributed by atoms with Gasteiger partial charge in [-0.2, -0.15) is 4.98 Å². The molecule has 5 rings (SSSR count). The first-order valence-electron chi connectivity index (χ1n) is 9.72. The molecular weight excluding hydrogens is 407 g/mol. The van der Waals surface area contributed by atoms with E-state index >= 15 is 0 Å². The summed E-state index contributed by atoms with van der Waals surface area (Å²) in [6.45, 7) is 2.88. The Bertz CT molecular complexity index is 1150. The van der Waals surface area contributed by atoms with Gasteiger partial charge < -0.3 is 14.3 Å². The molecule has 1 aliphatic heterocycles. The predicted octanol–water partition coefficient (Wildman–Crippen LogP) is 5.66. The standard InChI is InChI=1S/C21H19FN2O2S.CH2O2/c22-17-5-4-6-19-20(17)23-21(27-19)26-15-7-8-18-14(11-15)12-16(25-18)13-24-9-2-1-3-10-24;2-1-3/h4-8,11-12H,1-3,9-10,13H2;1H,(H,2,3). The number of likely N-dealkylation sites (tertiary alicyclic amines) is 1. The lowest BCUT2D eigenvalue weighted by Gasteiger charge is -2.25. The van der Waals surface area contributed by atoms with E-state index in [9.17, 15) is 4.39 Å². The number of para-hydroxylation sites is 1. The predicted molar refractivity (Wildman–Crippen MR) is 114 cm³/mol. The summed E-state index contributed by atoms with van der Waals surface area (Å²) in [5.74, 6) is 1.32. The van der Waals surface area contributed by atoms with Gasteiger partial charge in [0.05, 0.1) is 11.2 Å². The van der Waals surface area contributed by atoms with E-state index in [2.05, 4.69) is 16.0 Å². The third-order valence-electron chi connectivity index (χ3n) is 4.92. The van der Waals surface area contributed by atoms with Gasteiger partial charge in [-0.25, -0.2) is 4.39 Å². The monoisotopic (exact) mass is 428 g/mol. The molecule has 0 atom stereocenters. The number of halogens is 1. The van der Waals surface area contributed by atoms with Crippen LogP contribution in [0.4, 0.5) is 4.39 Å². The quantitative estimate of drug-likeness (QED) is 0.423. The van der Waals surface area contributed by atoms with Crippen LogP contribution in [0.2, 0.25) is 0 Å². The molecule has 1 aliphatic rings. The third-order valence-corrected chi connectivity index (χ3v) is 5.82. The number of thiazole rings is 1. The topological polar surface area (TPSA) is 75.8 Å². The molecule has 0 radical (unpaired) electrons. The zero-order valence-electron chi connectivity index (χ0n) is 16.2. The van der Waals surface area contributed by atoms with E-state index in [1.165, 1.54) is 36.7 Å². The Morgan fingerprint density at radius 2 is 2.00 bits per heavy atom. The number of rotatable bonds is 4. The van der Waals surface area contributed by atoms with Gasteiger partial charge in [-0.3, -0.25) is 9.69 Å². The summed E-state index contributed by atoms with van der Waals surface area (Å²) in [5.41, 5.74) is 1.20. The van der Waals surface area contributed by atoms with Gasteiger partial charge in [0.25, 0.3) is 11.7 Å². The normalized spacial score (nSPS) is 14.4. The van der Waals surface area contributed by atoms with Crippen LogP contribution in [0.15, 0.2) is 46.9 Å². The zero-order valence-corrected chi connectivity index (χ0v) is 17.0. The number of fused-ring (bicyclic) bond motifs is 2. The Morgan fingerprint density at radius 1 is 1.20 bits per heavy atom. The van der Waals surface area contributed by atoms with Gasteiger partial charge in [0, 0.05) is 5.39 Å². The first-order chi connectivity index (χ1) is 14.7. The molecule has 3 heterocycles. The molecule has 1 N–H and O–H groups in total. The van der Waals surface area contributed by atoms with Gasteiger partial charge in [0.2, 0.25) is 0 Å². The van der Waals surface area contributed by atoms with Crippen LogP contribution in [0, 0.1) is 5.82 Å². The van der Waals surface area contributed by atoms with E-state index in [0.717, 1.165) is 41.1 Å². The van der Waals surface area contributed by atoms with Crippen molar-refractivity contribution in [1.82, 2.24) is 9.88 Å². The molecule has 2 aromatic heterocycles. The number of carboxylic acid groups (broad SMARTS) is 1. The van der Waals surface area contributed by atoms with E-state index in [1.807, 2.05) is 24.3 Å². The van der Waals surface area contributed by atoms with Crippen LogP contribution >= 0.6 is 11.3 Å². The molecule has 8 heteroatoms. The fourth-order valence-electron chi connectivity index (χ4n) is 3.59. The lowest BCUT2D eigenvalue weighted by Crippen LogP contribution is -2.28. The summed E-state index contributed by atoms with van der Waals surface area (Å²) >= 11 is 1.34. The van der Waals surface area contributed by atoms with Crippen LogP contribution in [0.3, 0.4) is 0 Å². The Hall–Kier alpha value is -2.97. The number of piperidine rings is 1. The minimum absolute atomic E-state index is 0.250. The van der Waals surface area contributed by atoms with Crippen LogP contribution in [-0.2, 0) is 11.3 Å². The number of nitrogens with zero attached hydrogens (tertiary/aromatic N) is 2. The van der Waals surface area contributed by atoms with Crippen LogP contribution < -0.4 is 4.74 Å². The molecule has 4 aromatic rings. The van der Waals surface area contributed by atoms with E-state index in [4.69, 9.17) is 19.1 Å². The second-order valence-electron chi connectivity index (χ2n) is 7.02. The van der Waals surface area contributed by atoms with Crippen LogP contribution in [0.25, 0.3) is 21.2 Å². The Kier molecular flexibility index (Phi) is 6.25. The van der Waals surface area contributed by atoms with Gasteiger partial charge in [-0.1, -0.05) is 23.8 Å². The van der Waals surface area contributed by atoms with Gasteiger partial charge in [-0.05, 0) is 62.3 Å². The summed E-state index contributed by atoms with van der Waals surface area (Å²) < 4.78 is 26.4. The Balaban J connectivity index is 0.000000687. The van der Waals surface area contributed by atoms with Crippen molar-refractivity contribution in [2.45, 2.75) is 25.8 Å².